The van der Waals surface area contributed by atoms with Gasteiger partial charge in [-0.25, -0.2) is 4.98 Å². The van der Waals surface area contributed by atoms with Crippen LogP contribution in [0.4, 0.5) is 11.4 Å². The molecule has 1 heterocycles. The maximum absolute atomic E-state index is 13.2. The smallest absolute Gasteiger partial charge is 0.299 e. The average Bonchev–Trinajstić information content (AvgIpc) is 2.76. The van der Waals surface area contributed by atoms with Gasteiger partial charge in [0.1, 0.15) is 16.9 Å². The molecule has 0 fully saturated rings. The van der Waals surface area contributed by atoms with Gasteiger partial charge in [0.15, 0.2) is 11.3 Å². The van der Waals surface area contributed by atoms with Gasteiger partial charge in [-0.15, -0.1) is 0 Å². The lowest BCUT2D eigenvalue weighted by molar-refractivity contribution is 0.587. The second-order valence-electron chi connectivity index (χ2n) is 7.07. The van der Waals surface area contributed by atoms with Crippen LogP contribution >= 0.6 is 0 Å². The Labute approximate surface area is 180 Å². The zero-order valence-corrected chi connectivity index (χ0v) is 18.4. The van der Waals surface area contributed by atoms with Gasteiger partial charge in [0.2, 0.25) is 5.43 Å². The Hall–Kier alpha value is -3.17. The van der Waals surface area contributed by atoms with E-state index in [1.807, 2.05) is 18.2 Å². The third kappa shape index (κ3) is 3.82. The lowest BCUT2D eigenvalue weighted by Crippen LogP contribution is -2.32. The van der Waals surface area contributed by atoms with Crippen molar-refractivity contribution >= 4 is 43.5 Å². The summed E-state index contributed by atoms with van der Waals surface area (Å²) in [7, 11) is -3.95. The molecule has 8 nitrogen and oxygen atoms in total. The quantitative estimate of drug-likeness (QED) is 0.336. The van der Waals surface area contributed by atoms with Gasteiger partial charge < -0.3 is 9.32 Å². The summed E-state index contributed by atoms with van der Waals surface area (Å²) in [4.78, 5) is 20.1. The summed E-state index contributed by atoms with van der Waals surface area (Å²) in [5.74, 6) is 0.106. The van der Waals surface area contributed by atoms with Crippen LogP contribution in [0.25, 0.3) is 33.3 Å². The van der Waals surface area contributed by atoms with Crippen molar-refractivity contribution in [3.05, 3.63) is 52.7 Å². The first-order valence-electron chi connectivity index (χ1n) is 10.2. The topological polar surface area (TPSA) is 105 Å². The molecule has 0 unspecified atom stereocenters. The molecular weight excluding hydrogens is 416 g/mol. The third-order valence-electron chi connectivity index (χ3n) is 5.18. The fourth-order valence-electron chi connectivity index (χ4n) is 3.72. The van der Waals surface area contributed by atoms with Gasteiger partial charge in [-0.1, -0.05) is 31.2 Å². The van der Waals surface area contributed by atoms with Gasteiger partial charge in [-0.3, -0.25) is 9.52 Å². The number of hydrogen-bond donors (Lipinski definition) is 2. The van der Waals surface area contributed by atoms with E-state index in [4.69, 9.17) is 9.40 Å². The van der Waals surface area contributed by atoms with E-state index in [-0.39, 0.29) is 18.0 Å². The van der Waals surface area contributed by atoms with E-state index in [2.05, 4.69) is 28.2 Å². The van der Waals surface area contributed by atoms with Crippen molar-refractivity contribution in [1.29, 1.82) is 0 Å². The molecule has 0 aromatic heterocycles. The minimum atomic E-state index is -3.95. The molecule has 2 N–H and O–H groups in total. The Morgan fingerprint density at radius 2 is 1.74 bits per heavy atom. The zero-order valence-electron chi connectivity index (χ0n) is 17.6. The third-order valence-corrected chi connectivity index (χ3v) is 6.32. The maximum atomic E-state index is 13.2. The molecule has 31 heavy (non-hydrogen) atoms. The summed E-state index contributed by atoms with van der Waals surface area (Å²) in [5, 5.41) is 0.971. The van der Waals surface area contributed by atoms with E-state index in [1.165, 1.54) is 0 Å². The Morgan fingerprint density at radius 3 is 2.42 bits per heavy atom. The number of nitrogens with one attached hydrogen (secondary N) is 2. The second kappa shape index (κ2) is 8.16. The van der Waals surface area contributed by atoms with Crippen LogP contribution < -0.4 is 19.8 Å². The summed E-state index contributed by atoms with van der Waals surface area (Å²) >= 11 is 0. The van der Waals surface area contributed by atoms with Gasteiger partial charge in [-0.2, -0.15) is 13.1 Å². The molecule has 2 aliphatic rings. The number of rotatable bonds is 7. The highest BCUT2D eigenvalue weighted by atomic mass is 32.2. The number of anilines is 2. The highest BCUT2D eigenvalue weighted by molar-refractivity contribution is 7.90. The van der Waals surface area contributed by atoms with Gasteiger partial charge in [0.25, 0.3) is 10.2 Å². The number of fused-ring (bicyclic) bond motifs is 4. The maximum Gasteiger partial charge on any atom is 0.299 e. The summed E-state index contributed by atoms with van der Waals surface area (Å²) in [6.45, 7) is 7.61. The predicted octanol–water partition coefficient (Wildman–Crippen LogP) is 3.56. The van der Waals surface area contributed by atoms with Crippen LogP contribution in [-0.4, -0.2) is 33.0 Å². The largest absolute Gasteiger partial charge is 0.450 e. The van der Waals surface area contributed by atoms with E-state index >= 15 is 0 Å². The molecule has 2 aromatic carbocycles. The van der Waals surface area contributed by atoms with Gasteiger partial charge in [-0.05, 0) is 26.0 Å². The summed E-state index contributed by atoms with van der Waals surface area (Å²) in [6, 6.07) is 12.7. The van der Waals surface area contributed by atoms with E-state index in [9.17, 15) is 13.2 Å². The zero-order chi connectivity index (χ0) is 22.2. The molecule has 4 rings (SSSR count). The van der Waals surface area contributed by atoms with Crippen LogP contribution in [0, 0.1) is 0 Å². The second-order valence-corrected chi connectivity index (χ2v) is 8.57. The summed E-state index contributed by atoms with van der Waals surface area (Å²) in [5.41, 5.74) is 1.85. The number of benzene rings is 3. The highest BCUT2D eigenvalue weighted by Crippen LogP contribution is 2.36. The van der Waals surface area contributed by atoms with Crippen LogP contribution in [0.5, 0.6) is 0 Å². The van der Waals surface area contributed by atoms with Crippen LogP contribution in [0.1, 0.15) is 20.8 Å². The summed E-state index contributed by atoms with van der Waals surface area (Å²) in [6.07, 6.45) is 0. The lowest BCUT2D eigenvalue weighted by Gasteiger charge is -2.21. The molecule has 1 aliphatic heterocycles. The standard InChI is InChI=1S/C22H24N4O4S/c1-4-23-31(28,29)25-20-21(27)16-10-8-7-9-15(16)19-22(20)30-18-13-14(26(5-2)6-3)11-12-17(18)24-19/h7-13,23,25H,4-6H2,1-3H3. The van der Waals surface area contributed by atoms with Crippen LogP contribution in [0.2, 0.25) is 0 Å². The van der Waals surface area contributed by atoms with E-state index in [1.54, 1.807) is 31.2 Å². The van der Waals surface area contributed by atoms with Crippen molar-refractivity contribution in [2.75, 3.05) is 29.3 Å². The van der Waals surface area contributed by atoms with Gasteiger partial charge in [0.05, 0.1) is 0 Å². The fraction of sp³-hybridized carbons (Fsp3) is 0.273. The van der Waals surface area contributed by atoms with Crippen molar-refractivity contribution in [3.8, 4) is 11.5 Å². The number of hydrogen-bond acceptors (Lipinski definition) is 6. The van der Waals surface area contributed by atoms with Crippen molar-refractivity contribution in [3.63, 3.8) is 0 Å². The normalized spacial score (nSPS) is 12.0. The molecule has 0 bridgehead atoms. The Balaban J connectivity index is 2.05. The van der Waals surface area contributed by atoms with Crippen LogP contribution in [0.15, 0.2) is 51.7 Å². The molecule has 0 saturated heterocycles. The van der Waals surface area contributed by atoms with E-state index < -0.39 is 15.6 Å². The molecule has 1 aliphatic carbocycles. The molecule has 0 spiro atoms. The minimum absolute atomic E-state index is 0.106. The minimum Gasteiger partial charge on any atom is -0.450 e. The molecule has 162 valence electrons. The highest BCUT2D eigenvalue weighted by Gasteiger charge is 2.25. The molecule has 0 amide bonds. The van der Waals surface area contributed by atoms with Gasteiger partial charge in [0, 0.05) is 42.2 Å². The predicted molar refractivity (Wildman–Crippen MR) is 124 cm³/mol. The molecule has 0 radical (unpaired) electrons. The van der Waals surface area contributed by atoms with Gasteiger partial charge >= 0.3 is 0 Å². The van der Waals surface area contributed by atoms with Crippen molar-refractivity contribution in [2.45, 2.75) is 20.8 Å². The molecule has 2 aromatic rings. The molecule has 9 heteroatoms. The lowest BCUT2D eigenvalue weighted by atomic mass is 10.0. The Kier molecular flexibility index (Phi) is 5.55. The number of aromatic nitrogens is 1. The molecular formula is C22H24N4O4S. The first-order chi connectivity index (χ1) is 14.9. The van der Waals surface area contributed by atoms with Crippen LogP contribution in [0.3, 0.4) is 0 Å². The summed E-state index contributed by atoms with van der Waals surface area (Å²) < 4.78 is 35.6. The van der Waals surface area contributed by atoms with Crippen molar-refractivity contribution in [1.82, 2.24) is 9.71 Å². The Morgan fingerprint density at radius 1 is 1.03 bits per heavy atom. The SMILES string of the molecule is CCNS(=O)(=O)Nc1c2oc3cc(N(CC)CC)ccc3nc-2c2ccccc2c1=O. The first-order valence-corrected chi connectivity index (χ1v) is 11.7. The van der Waals surface area contributed by atoms with E-state index in [0.29, 0.717) is 27.6 Å². The number of nitrogens with zero attached hydrogens (tertiary/aromatic N) is 2. The Bertz CT molecular complexity index is 1390. The van der Waals surface area contributed by atoms with Crippen LogP contribution in [-0.2, 0) is 10.2 Å². The molecule has 0 atom stereocenters. The first kappa shape index (κ1) is 21.1. The van der Waals surface area contributed by atoms with Crippen molar-refractivity contribution < 1.29 is 12.8 Å². The van der Waals surface area contributed by atoms with Crippen molar-refractivity contribution in [2.24, 2.45) is 0 Å². The monoisotopic (exact) mass is 440 g/mol. The average molecular weight is 441 g/mol. The fourth-order valence-corrected chi connectivity index (χ4v) is 4.63. The molecule has 0 saturated carbocycles. The van der Waals surface area contributed by atoms with E-state index in [0.717, 1.165) is 18.8 Å².